The van der Waals surface area contributed by atoms with Crippen LogP contribution in [0.15, 0.2) is 51.7 Å². The topological polar surface area (TPSA) is 118 Å². The number of benzene rings is 2. The lowest BCUT2D eigenvalue weighted by Crippen LogP contribution is -2.84. The number of carbonyl (C=O) groups excluding carboxylic acids is 2. The Balaban J connectivity index is 1.15. The van der Waals surface area contributed by atoms with Crippen molar-refractivity contribution in [2.75, 3.05) is 6.61 Å². The molecule has 8 nitrogen and oxygen atoms in total. The van der Waals surface area contributed by atoms with Crippen molar-refractivity contribution in [3.8, 4) is 11.5 Å². The number of ether oxygens (including phenoxy) is 1. The van der Waals surface area contributed by atoms with Crippen LogP contribution in [0, 0.1) is 5.82 Å². The van der Waals surface area contributed by atoms with Crippen LogP contribution in [0.4, 0.5) is 4.39 Å². The highest BCUT2D eigenvalue weighted by molar-refractivity contribution is 6.30. The summed E-state index contributed by atoms with van der Waals surface area (Å²) in [7, 11) is 0. The molecule has 0 unspecified atom stereocenters. The van der Waals surface area contributed by atoms with E-state index in [-0.39, 0.29) is 45.8 Å². The summed E-state index contributed by atoms with van der Waals surface area (Å²) in [6.45, 7) is -0.278. The molecule has 2 aromatic carbocycles. The molecule has 3 aliphatic carbocycles. The van der Waals surface area contributed by atoms with Gasteiger partial charge in [-0.25, -0.2) is 4.39 Å². The van der Waals surface area contributed by atoms with Gasteiger partial charge in [0, 0.05) is 23.2 Å². The number of phenolic OH excluding ortho intramolecular Hbond substituents is 1. The zero-order valence-electron chi connectivity index (χ0n) is 17.1. The maximum absolute atomic E-state index is 13.4. The van der Waals surface area contributed by atoms with Crippen LogP contribution in [0.2, 0.25) is 5.02 Å². The maximum Gasteiger partial charge on any atom is 0.287 e. The summed E-state index contributed by atoms with van der Waals surface area (Å²) in [6.07, 6.45) is 1.62. The van der Waals surface area contributed by atoms with Gasteiger partial charge in [-0.05, 0) is 49.6 Å². The molecule has 3 saturated carbocycles. The van der Waals surface area contributed by atoms with Crippen LogP contribution < -0.4 is 20.8 Å². The Labute approximate surface area is 191 Å². The summed E-state index contributed by atoms with van der Waals surface area (Å²) in [4.78, 5) is 37.1. The van der Waals surface area contributed by atoms with Crippen molar-refractivity contribution in [2.24, 2.45) is 0 Å². The second kappa shape index (κ2) is 7.48. The van der Waals surface area contributed by atoms with Crippen molar-refractivity contribution in [1.29, 1.82) is 0 Å². The lowest BCUT2D eigenvalue weighted by atomic mass is 9.44. The van der Waals surface area contributed by atoms with Gasteiger partial charge in [0.1, 0.15) is 22.9 Å². The van der Waals surface area contributed by atoms with Gasteiger partial charge in [-0.2, -0.15) is 0 Å². The predicted molar refractivity (Wildman–Crippen MR) is 116 cm³/mol. The molecule has 0 radical (unpaired) electrons. The molecule has 1 heterocycles. The van der Waals surface area contributed by atoms with Gasteiger partial charge in [0.25, 0.3) is 11.8 Å². The summed E-state index contributed by atoms with van der Waals surface area (Å²) in [5, 5.41) is 15.5. The van der Waals surface area contributed by atoms with E-state index in [9.17, 15) is 23.9 Å². The fraction of sp³-hybridized carbons (Fsp3) is 0.261. The predicted octanol–water partition coefficient (Wildman–Crippen LogP) is 2.89. The van der Waals surface area contributed by atoms with Crippen LogP contribution >= 0.6 is 11.6 Å². The highest BCUT2D eigenvalue weighted by atomic mass is 35.5. The summed E-state index contributed by atoms with van der Waals surface area (Å²) in [5.74, 6) is -1.50. The Morgan fingerprint density at radius 3 is 2.55 bits per heavy atom. The molecular weight excluding hydrogens is 455 g/mol. The average molecular weight is 473 g/mol. The van der Waals surface area contributed by atoms with Gasteiger partial charge < -0.3 is 24.9 Å². The number of amides is 2. The molecule has 3 N–H and O–H groups in total. The Kier molecular flexibility index (Phi) is 4.82. The third kappa shape index (κ3) is 3.89. The van der Waals surface area contributed by atoms with E-state index in [1.165, 1.54) is 30.3 Å². The van der Waals surface area contributed by atoms with E-state index in [1.54, 1.807) is 0 Å². The third-order valence-electron chi connectivity index (χ3n) is 6.01. The minimum absolute atomic E-state index is 0.0322. The van der Waals surface area contributed by atoms with Crippen LogP contribution in [0.1, 0.15) is 29.8 Å². The van der Waals surface area contributed by atoms with Crippen LogP contribution in [0.3, 0.4) is 0 Å². The number of aromatic hydroxyl groups is 1. The minimum atomic E-state index is -0.632. The van der Waals surface area contributed by atoms with Crippen molar-refractivity contribution in [2.45, 2.75) is 30.3 Å². The number of halogens is 2. The van der Waals surface area contributed by atoms with E-state index < -0.39 is 28.2 Å². The van der Waals surface area contributed by atoms with Crippen LogP contribution in [-0.2, 0) is 4.79 Å². The first kappa shape index (κ1) is 21.3. The number of rotatable bonds is 6. The molecule has 0 aliphatic heterocycles. The number of nitrogens with one attached hydrogen (secondary N) is 2. The van der Waals surface area contributed by atoms with Gasteiger partial charge in [0.05, 0.1) is 10.4 Å². The summed E-state index contributed by atoms with van der Waals surface area (Å²) in [5.41, 5.74) is -1.11. The van der Waals surface area contributed by atoms with E-state index in [0.717, 1.165) is 12.1 Å². The number of hydrogen-bond acceptors (Lipinski definition) is 6. The molecular formula is C23H18ClFN2O6. The molecule has 2 bridgehead atoms. The van der Waals surface area contributed by atoms with Gasteiger partial charge in [0.2, 0.25) is 0 Å². The van der Waals surface area contributed by atoms with Gasteiger partial charge in [-0.3, -0.25) is 14.4 Å². The molecule has 3 fully saturated rings. The highest BCUT2D eigenvalue weighted by Crippen LogP contribution is 2.60. The number of hydrogen-bond donors (Lipinski definition) is 3. The zero-order valence-corrected chi connectivity index (χ0v) is 17.9. The number of fused-ring (bicyclic) bond motifs is 1. The molecule has 10 heteroatoms. The first-order valence-corrected chi connectivity index (χ1v) is 10.5. The Bertz CT molecular complexity index is 1350. The van der Waals surface area contributed by atoms with Crippen molar-refractivity contribution in [1.82, 2.24) is 10.6 Å². The molecule has 1 aromatic heterocycles. The minimum Gasteiger partial charge on any atom is -0.508 e. The van der Waals surface area contributed by atoms with E-state index >= 15 is 0 Å². The van der Waals surface area contributed by atoms with Gasteiger partial charge in [-0.1, -0.05) is 11.6 Å². The largest absolute Gasteiger partial charge is 0.508 e. The average Bonchev–Trinajstić information content (AvgIpc) is 2.72. The quantitative estimate of drug-likeness (QED) is 0.507. The SMILES string of the molecule is O=C(COc1ccc(Cl)c(F)c1)NC12CC(NC(=O)c3cc(=O)c4cc(O)ccc4o3)(C1)C2. The van der Waals surface area contributed by atoms with Gasteiger partial charge in [0.15, 0.2) is 17.8 Å². The first-order chi connectivity index (χ1) is 15.7. The van der Waals surface area contributed by atoms with Crippen LogP contribution in [-0.4, -0.2) is 34.6 Å². The van der Waals surface area contributed by atoms with E-state index in [1.807, 2.05) is 0 Å². The van der Waals surface area contributed by atoms with E-state index in [4.69, 9.17) is 20.8 Å². The van der Waals surface area contributed by atoms with Crippen molar-refractivity contribution < 1.29 is 28.2 Å². The van der Waals surface area contributed by atoms with E-state index in [2.05, 4.69) is 10.6 Å². The first-order valence-electron chi connectivity index (χ1n) is 10.1. The Morgan fingerprint density at radius 1 is 1.09 bits per heavy atom. The molecule has 33 heavy (non-hydrogen) atoms. The second-order valence-corrected chi connectivity index (χ2v) is 9.02. The molecule has 3 aliphatic rings. The zero-order chi connectivity index (χ0) is 23.4. The molecule has 0 atom stereocenters. The Hall–Kier alpha value is -3.59. The summed E-state index contributed by atoms with van der Waals surface area (Å²) >= 11 is 5.62. The second-order valence-electron chi connectivity index (χ2n) is 8.61. The van der Waals surface area contributed by atoms with E-state index in [0.29, 0.717) is 19.3 Å². The fourth-order valence-electron chi connectivity index (χ4n) is 4.66. The normalized spacial score (nSPS) is 22.7. The maximum atomic E-state index is 13.4. The molecule has 3 aromatic rings. The standard InChI is InChI=1S/C23H18ClFN2O6/c24-15-3-2-13(6-16(15)25)32-8-20(30)26-22-9-23(10-22,11-22)27-21(31)19-7-17(29)14-5-12(28)1-4-18(14)33-19/h1-7,28H,8-11H2,(H,26,30)(H,27,31). The smallest absolute Gasteiger partial charge is 0.287 e. The number of carbonyl (C=O) groups is 2. The Morgan fingerprint density at radius 2 is 1.82 bits per heavy atom. The molecule has 6 rings (SSSR count). The molecule has 170 valence electrons. The highest BCUT2D eigenvalue weighted by Gasteiger charge is 2.69. The molecule has 0 spiro atoms. The molecule has 2 amide bonds. The lowest BCUT2D eigenvalue weighted by Gasteiger charge is -2.70. The lowest BCUT2D eigenvalue weighted by molar-refractivity contribution is -0.141. The van der Waals surface area contributed by atoms with Gasteiger partial charge >= 0.3 is 0 Å². The van der Waals surface area contributed by atoms with Crippen molar-refractivity contribution in [3.63, 3.8) is 0 Å². The van der Waals surface area contributed by atoms with Gasteiger partial charge in [-0.15, -0.1) is 0 Å². The van der Waals surface area contributed by atoms with Crippen LogP contribution in [0.5, 0.6) is 11.5 Å². The molecule has 0 saturated heterocycles. The third-order valence-corrected chi connectivity index (χ3v) is 6.32. The van der Waals surface area contributed by atoms with Crippen molar-refractivity contribution in [3.05, 3.63) is 69.3 Å². The summed E-state index contributed by atoms with van der Waals surface area (Å²) < 4.78 is 24.3. The van der Waals surface area contributed by atoms with Crippen LogP contribution in [0.25, 0.3) is 11.0 Å². The monoisotopic (exact) mass is 472 g/mol. The summed E-state index contributed by atoms with van der Waals surface area (Å²) in [6, 6.07) is 9.09. The fourth-order valence-corrected chi connectivity index (χ4v) is 4.78. The number of phenols is 1. The van der Waals surface area contributed by atoms with Crippen molar-refractivity contribution >= 4 is 34.4 Å².